The molecule has 1 saturated carbocycles. The lowest BCUT2D eigenvalue weighted by Gasteiger charge is -2.04. The molecule has 0 saturated heterocycles. The molecule has 2 aromatic heterocycles. The van der Waals surface area contributed by atoms with Crippen molar-refractivity contribution >= 4 is 28.6 Å². The van der Waals surface area contributed by atoms with E-state index in [1.165, 1.54) is 0 Å². The molecule has 0 radical (unpaired) electrons. The molecule has 1 aliphatic carbocycles. The van der Waals surface area contributed by atoms with E-state index >= 15 is 0 Å². The molecule has 3 aromatic rings. The Morgan fingerprint density at radius 1 is 1.48 bits per heavy atom. The van der Waals surface area contributed by atoms with Gasteiger partial charge in [-0.3, -0.25) is 9.89 Å². The molecular weight excluding hydrogens is 328 g/mol. The Balaban J connectivity index is 1.62. The number of H-pyrrole nitrogens is 2. The van der Waals surface area contributed by atoms with E-state index in [9.17, 15) is 13.6 Å². The number of halogens is 2. The van der Waals surface area contributed by atoms with Crippen molar-refractivity contribution in [2.24, 2.45) is 5.92 Å². The van der Waals surface area contributed by atoms with Crippen molar-refractivity contribution in [2.45, 2.75) is 19.3 Å². The van der Waals surface area contributed by atoms with Crippen LogP contribution in [0.1, 0.15) is 17.8 Å². The van der Waals surface area contributed by atoms with Crippen molar-refractivity contribution in [3.05, 3.63) is 36.2 Å². The Bertz CT molecular complexity index is 1000. The van der Waals surface area contributed by atoms with Gasteiger partial charge in [0.1, 0.15) is 11.6 Å². The standard InChI is InChI=1S/C17H15F2N5O/c1-3-12-8(2)20-15(22-12)14-10-5-4-9(6-13(10)23-24-14)21-16(25)11-7-17(11,18)19/h3-6,11H,1,7H2,2H3,(H,20,22)(H,21,25)(H,23,24). The quantitative estimate of drug-likeness (QED) is 0.678. The number of carbonyl (C=O) groups excluding carboxylic acids is 1. The van der Waals surface area contributed by atoms with Gasteiger partial charge in [-0.15, -0.1) is 0 Å². The minimum atomic E-state index is -2.88. The van der Waals surface area contributed by atoms with Gasteiger partial charge in [0.25, 0.3) is 5.92 Å². The molecule has 8 heteroatoms. The largest absolute Gasteiger partial charge is 0.340 e. The third-order valence-corrected chi connectivity index (χ3v) is 4.31. The number of aromatic nitrogens is 4. The summed E-state index contributed by atoms with van der Waals surface area (Å²) in [6.07, 6.45) is 1.27. The number of hydrogen-bond acceptors (Lipinski definition) is 3. The van der Waals surface area contributed by atoms with Crippen molar-refractivity contribution in [3.8, 4) is 11.5 Å². The molecule has 0 spiro atoms. The summed E-state index contributed by atoms with van der Waals surface area (Å²) in [5.41, 5.74) is 3.39. The van der Waals surface area contributed by atoms with Crippen LogP contribution in [0.5, 0.6) is 0 Å². The lowest BCUT2D eigenvalue weighted by Crippen LogP contribution is -2.17. The number of rotatable bonds is 4. The number of amides is 1. The smallest absolute Gasteiger partial charge is 0.260 e. The first-order valence-corrected chi connectivity index (χ1v) is 7.75. The number of imidazole rings is 1. The second kappa shape index (κ2) is 5.23. The lowest BCUT2D eigenvalue weighted by atomic mass is 10.2. The monoisotopic (exact) mass is 343 g/mol. The maximum absolute atomic E-state index is 13.0. The Morgan fingerprint density at radius 3 is 2.88 bits per heavy atom. The van der Waals surface area contributed by atoms with Crippen LogP contribution in [-0.2, 0) is 4.79 Å². The van der Waals surface area contributed by atoms with Crippen LogP contribution in [0.25, 0.3) is 28.5 Å². The SMILES string of the molecule is C=Cc1nc(-c2n[nH]c3cc(NC(=O)C4CC4(F)F)ccc23)[nH]c1C. The first kappa shape index (κ1) is 15.5. The Labute approximate surface area is 141 Å². The number of nitrogens with one attached hydrogen (secondary N) is 3. The molecule has 4 rings (SSSR count). The molecule has 6 nitrogen and oxygen atoms in total. The molecule has 2 heterocycles. The van der Waals surface area contributed by atoms with Gasteiger partial charge in [0, 0.05) is 23.2 Å². The summed E-state index contributed by atoms with van der Waals surface area (Å²) in [6.45, 7) is 5.61. The summed E-state index contributed by atoms with van der Waals surface area (Å²) in [5, 5.41) is 10.5. The van der Waals surface area contributed by atoms with Crippen molar-refractivity contribution in [1.82, 2.24) is 20.2 Å². The zero-order valence-electron chi connectivity index (χ0n) is 13.4. The number of benzene rings is 1. The lowest BCUT2D eigenvalue weighted by molar-refractivity contribution is -0.119. The van der Waals surface area contributed by atoms with Gasteiger partial charge in [0.05, 0.1) is 11.2 Å². The molecule has 1 aliphatic rings. The fourth-order valence-electron chi connectivity index (χ4n) is 2.79. The van der Waals surface area contributed by atoms with Gasteiger partial charge in [0.2, 0.25) is 5.91 Å². The zero-order valence-corrected chi connectivity index (χ0v) is 13.4. The maximum atomic E-state index is 13.0. The van der Waals surface area contributed by atoms with Crippen LogP contribution in [0.15, 0.2) is 24.8 Å². The average Bonchev–Trinajstić information content (AvgIpc) is 2.91. The molecule has 1 unspecified atom stereocenters. The van der Waals surface area contributed by atoms with Gasteiger partial charge in [-0.2, -0.15) is 5.10 Å². The number of hydrogen-bond donors (Lipinski definition) is 3. The second-order valence-electron chi connectivity index (χ2n) is 6.14. The number of nitrogens with zero attached hydrogens (tertiary/aromatic N) is 2. The van der Waals surface area contributed by atoms with Crippen LogP contribution in [-0.4, -0.2) is 32.0 Å². The predicted octanol–water partition coefficient (Wildman–Crippen LogP) is 3.50. The second-order valence-corrected chi connectivity index (χ2v) is 6.14. The van der Waals surface area contributed by atoms with Crippen LogP contribution in [0.2, 0.25) is 0 Å². The Hall–Kier alpha value is -3.03. The molecule has 1 aromatic carbocycles. The molecular formula is C17H15F2N5O. The van der Waals surface area contributed by atoms with E-state index in [0.717, 1.165) is 16.8 Å². The van der Waals surface area contributed by atoms with Crippen LogP contribution >= 0.6 is 0 Å². The highest BCUT2D eigenvalue weighted by Gasteiger charge is 2.61. The first-order valence-electron chi connectivity index (χ1n) is 7.75. The van der Waals surface area contributed by atoms with E-state index < -0.39 is 24.2 Å². The number of fused-ring (bicyclic) bond motifs is 1. The summed E-state index contributed by atoms with van der Waals surface area (Å²) >= 11 is 0. The summed E-state index contributed by atoms with van der Waals surface area (Å²) in [4.78, 5) is 19.4. The third kappa shape index (κ3) is 2.59. The molecule has 25 heavy (non-hydrogen) atoms. The van der Waals surface area contributed by atoms with Crippen molar-refractivity contribution in [1.29, 1.82) is 0 Å². The molecule has 0 aliphatic heterocycles. The molecule has 1 fully saturated rings. The van der Waals surface area contributed by atoms with Gasteiger partial charge in [-0.05, 0) is 31.2 Å². The van der Waals surface area contributed by atoms with Crippen molar-refractivity contribution < 1.29 is 13.6 Å². The molecule has 1 atom stereocenters. The summed E-state index contributed by atoms with van der Waals surface area (Å²) in [6, 6.07) is 5.08. The minimum absolute atomic E-state index is 0.390. The van der Waals surface area contributed by atoms with Gasteiger partial charge in [-0.25, -0.2) is 13.8 Å². The van der Waals surface area contributed by atoms with E-state index in [4.69, 9.17) is 0 Å². The molecule has 0 bridgehead atoms. The van der Waals surface area contributed by atoms with E-state index in [2.05, 4.69) is 32.1 Å². The van der Waals surface area contributed by atoms with Crippen LogP contribution in [0.4, 0.5) is 14.5 Å². The fourth-order valence-corrected chi connectivity index (χ4v) is 2.79. The maximum Gasteiger partial charge on any atom is 0.260 e. The Morgan fingerprint density at radius 2 is 2.24 bits per heavy atom. The number of aromatic amines is 2. The van der Waals surface area contributed by atoms with Crippen LogP contribution < -0.4 is 5.32 Å². The average molecular weight is 343 g/mol. The van der Waals surface area contributed by atoms with E-state index in [-0.39, 0.29) is 0 Å². The van der Waals surface area contributed by atoms with Crippen LogP contribution in [0.3, 0.4) is 0 Å². The number of anilines is 1. The Kier molecular flexibility index (Phi) is 3.24. The molecule has 3 N–H and O–H groups in total. The molecule has 128 valence electrons. The summed E-state index contributed by atoms with van der Waals surface area (Å²) < 4.78 is 25.9. The fraction of sp³-hybridized carbons (Fsp3) is 0.235. The van der Waals surface area contributed by atoms with Gasteiger partial charge < -0.3 is 10.3 Å². The summed E-state index contributed by atoms with van der Waals surface area (Å²) in [5.74, 6) is -4.17. The first-order chi connectivity index (χ1) is 11.9. The summed E-state index contributed by atoms with van der Waals surface area (Å²) in [7, 11) is 0. The van der Waals surface area contributed by atoms with Gasteiger partial charge in [-0.1, -0.05) is 6.58 Å². The van der Waals surface area contributed by atoms with Gasteiger partial charge in [0.15, 0.2) is 5.82 Å². The minimum Gasteiger partial charge on any atom is -0.340 e. The third-order valence-electron chi connectivity index (χ3n) is 4.31. The van der Waals surface area contributed by atoms with E-state index in [1.807, 2.05) is 6.92 Å². The highest BCUT2D eigenvalue weighted by atomic mass is 19.3. The van der Waals surface area contributed by atoms with Crippen molar-refractivity contribution in [3.63, 3.8) is 0 Å². The number of carbonyl (C=O) groups is 1. The van der Waals surface area contributed by atoms with E-state index in [1.54, 1.807) is 24.3 Å². The van der Waals surface area contributed by atoms with Crippen molar-refractivity contribution in [2.75, 3.05) is 5.32 Å². The highest BCUT2D eigenvalue weighted by molar-refractivity contribution is 5.99. The topological polar surface area (TPSA) is 86.5 Å². The number of aryl methyl sites for hydroxylation is 1. The predicted molar refractivity (Wildman–Crippen MR) is 90.2 cm³/mol. The normalized spacial score (nSPS) is 18.3. The van der Waals surface area contributed by atoms with E-state index in [0.29, 0.717) is 22.7 Å². The number of alkyl halides is 2. The zero-order chi connectivity index (χ0) is 17.8. The molecule has 1 amide bonds. The van der Waals surface area contributed by atoms with Gasteiger partial charge >= 0.3 is 0 Å². The van der Waals surface area contributed by atoms with Crippen LogP contribution in [0, 0.1) is 12.8 Å². The highest BCUT2D eigenvalue weighted by Crippen LogP contribution is 2.49.